The average molecular weight is 448 g/mol. The van der Waals surface area contributed by atoms with Gasteiger partial charge in [-0.15, -0.1) is 6.42 Å². The molecular weight excluding hydrogens is 414 g/mol. The second-order valence-electron chi connectivity index (χ2n) is 7.85. The number of aromatic nitrogens is 2. The Morgan fingerprint density at radius 2 is 1.79 bits per heavy atom. The van der Waals surface area contributed by atoms with E-state index in [1.165, 1.54) is 0 Å². The fourth-order valence-corrected chi connectivity index (χ4v) is 3.75. The van der Waals surface area contributed by atoms with Crippen molar-refractivity contribution in [2.24, 2.45) is 0 Å². The highest BCUT2D eigenvalue weighted by atomic mass is 16.5. The molecule has 6 heteroatoms. The Labute approximate surface area is 196 Å². The molecule has 1 heterocycles. The van der Waals surface area contributed by atoms with Gasteiger partial charge in [-0.05, 0) is 43.7 Å². The standard InChI is InChI=1S/C27H33N3O3/c1-4-17-29(19-23(31)21-32-18-5-2)20-25-26(6-3)28-30(22-13-9-7-10-14-22)27(25)33-24-15-11-8-12-16-24/h2,7-16,23,31H,4,6,17-21H2,1,3H3/t23-/m1/s1. The van der Waals surface area contributed by atoms with Gasteiger partial charge < -0.3 is 14.6 Å². The Morgan fingerprint density at radius 3 is 2.42 bits per heavy atom. The normalized spacial score (nSPS) is 12.0. The minimum absolute atomic E-state index is 0.198. The molecule has 33 heavy (non-hydrogen) atoms. The lowest BCUT2D eigenvalue weighted by Crippen LogP contribution is -2.35. The summed E-state index contributed by atoms with van der Waals surface area (Å²) >= 11 is 0. The molecule has 1 N–H and O–H groups in total. The number of benzene rings is 2. The summed E-state index contributed by atoms with van der Waals surface area (Å²) in [5.74, 6) is 3.88. The number of para-hydroxylation sites is 2. The Kier molecular flexibility index (Phi) is 9.52. The highest BCUT2D eigenvalue weighted by Gasteiger charge is 2.23. The van der Waals surface area contributed by atoms with E-state index in [-0.39, 0.29) is 13.2 Å². The number of aryl methyl sites for hydroxylation is 1. The van der Waals surface area contributed by atoms with Crippen molar-refractivity contribution in [3.05, 3.63) is 71.9 Å². The fraction of sp³-hybridized carbons (Fsp3) is 0.370. The van der Waals surface area contributed by atoms with Crippen molar-refractivity contribution >= 4 is 0 Å². The number of terminal acetylenes is 1. The van der Waals surface area contributed by atoms with Crippen molar-refractivity contribution in [2.75, 3.05) is 26.3 Å². The molecule has 0 radical (unpaired) electrons. The Bertz CT molecular complexity index is 1010. The molecule has 0 aliphatic heterocycles. The van der Waals surface area contributed by atoms with Crippen molar-refractivity contribution in [2.45, 2.75) is 39.3 Å². The van der Waals surface area contributed by atoms with Crippen LogP contribution in [-0.4, -0.2) is 52.2 Å². The largest absolute Gasteiger partial charge is 0.439 e. The van der Waals surface area contributed by atoms with Gasteiger partial charge in [-0.25, -0.2) is 4.68 Å². The van der Waals surface area contributed by atoms with Gasteiger partial charge in [-0.2, -0.15) is 5.10 Å². The lowest BCUT2D eigenvalue weighted by atomic mass is 10.1. The maximum absolute atomic E-state index is 10.5. The molecule has 6 nitrogen and oxygen atoms in total. The van der Waals surface area contributed by atoms with E-state index >= 15 is 0 Å². The summed E-state index contributed by atoms with van der Waals surface area (Å²) in [6.07, 6.45) is 6.34. The first-order valence-corrected chi connectivity index (χ1v) is 11.5. The number of ether oxygens (including phenoxy) is 2. The first-order valence-electron chi connectivity index (χ1n) is 11.5. The van der Waals surface area contributed by atoms with Gasteiger partial charge >= 0.3 is 0 Å². The molecule has 0 aliphatic rings. The molecule has 0 saturated heterocycles. The van der Waals surface area contributed by atoms with Crippen LogP contribution in [0.2, 0.25) is 0 Å². The fourth-order valence-electron chi connectivity index (χ4n) is 3.75. The van der Waals surface area contributed by atoms with Gasteiger partial charge in [0.05, 0.1) is 29.7 Å². The summed E-state index contributed by atoms with van der Waals surface area (Å²) in [6, 6.07) is 19.8. The van der Waals surface area contributed by atoms with E-state index in [1.54, 1.807) is 0 Å². The van der Waals surface area contributed by atoms with E-state index in [0.717, 1.165) is 42.1 Å². The van der Waals surface area contributed by atoms with E-state index in [1.807, 2.05) is 65.3 Å². The van der Waals surface area contributed by atoms with Crippen LogP contribution in [0.25, 0.3) is 5.69 Å². The van der Waals surface area contributed by atoms with Gasteiger partial charge in [-0.1, -0.05) is 56.2 Å². The molecule has 0 aliphatic carbocycles. The Hall–Kier alpha value is -3.11. The Morgan fingerprint density at radius 1 is 1.09 bits per heavy atom. The lowest BCUT2D eigenvalue weighted by Gasteiger charge is -2.25. The number of aliphatic hydroxyl groups is 1. The van der Waals surface area contributed by atoms with Crippen molar-refractivity contribution in [1.29, 1.82) is 0 Å². The summed E-state index contributed by atoms with van der Waals surface area (Å²) in [7, 11) is 0. The molecule has 0 fully saturated rings. The van der Waals surface area contributed by atoms with Crippen LogP contribution in [0.1, 0.15) is 31.5 Å². The van der Waals surface area contributed by atoms with Gasteiger partial charge in [-0.3, -0.25) is 4.90 Å². The molecule has 3 rings (SSSR count). The lowest BCUT2D eigenvalue weighted by molar-refractivity contribution is 0.0259. The molecule has 174 valence electrons. The van der Waals surface area contributed by atoms with E-state index in [4.69, 9.17) is 21.0 Å². The summed E-state index contributed by atoms with van der Waals surface area (Å²) < 4.78 is 13.6. The van der Waals surface area contributed by atoms with Gasteiger partial charge in [0.2, 0.25) is 5.88 Å². The predicted octanol–water partition coefficient (Wildman–Crippen LogP) is 4.45. The van der Waals surface area contributed by atoms with E-state index in [0.29, 0.717) is 19.0 Å². The van der Waals surface area contributed by atoms with Crippen LogP contribution >= 0.6 is 0 Å². The molecule has 0 bridgehead atoms. The second-order valence-corrected chi connectivity index (χ2v) is 7.85. The van der Waals surface area contributed by atoms with Crippen LogP contribution in [0, 0.1) is 12.3 Å². The van der Waals surface area contributed by atoms with Crippen LogP contribution in [0.3, 0.4) is 0 Å². The maximum Gasteiger partial charge on any atom is 0.227 e. The van der Waals surface area contributed by atoms with Gasteiger partial charge in [0.15, 0.2) is 0 Å². The number of nitrogens with zero attached hydrogens (tertiary/aromatic N) is 3. The van der Waals surface area contributed by atoms with E-state index in [9.17, 15) is 5.11 Å². The zero-order valence-electron chi connectivity index (χ0n) is 19.5. The summed E-state index contributed by atoms with van der Waals surface area (Å²) in [5.41, 5.74) is 2.94. The summed E-state index contributed by atoms with van der Waals surface area (Å²) in [5, 5.41) is 15.4. The van der Waals surface area contributed by atoms with Crippen molar-refractivity contribution < 1.29 is 14.6 Å². The van der Waals surface area contributed by atoms with Crippen LogP contribution in [0.15, 0.2) is 60.7 Å². The highest BCUT2D eigenvalue weighted by Crippen LogP contribution is 2.32. The Balaban J connectivity index is 1.94. The first-order chi connectivity index (χ1) is 16.2. The zero-order chi connectivity index (χ0) is 23.5. The SMILES string of the molecule is C#CCOC[C@H](O)CN(CCC)Cc1c(CC)nn(-c2ccccc2)c1Oc1ccccc1. The van der Waals surface area contributed by atoms with Crippen molar-refractivity contribution in [3.63, 3.8) is 0 Å². The van der Waals surface area contributed by atoms with E-state index < -0.39 is 6.10 Å². The molecule has 0 unspecified atom stereocenters. The average Bonchev–Trinajstić information content (AvgIpc) is 3.17. The van der Waals surface area contributed by atoms with Crippen LogP contribution in [0.5, 0.6) is 11.6 Å². The maximum atomic E-state index is 10.5. The minimum Gasteiger partial charge on any atom is -0.439 e. The second kappa shape index (κ2) is 12.8. The van der Waals surface area contributed by atoms with Crippen molar-refractivity contribution in [3.8, 4) is 29.7 Å². The molecule has 0 spiro atoms. The minimum atomic E-state index is -0.627. The molecule has 3 aromatic rings. The molecule has 1 atom stereocenters. The topological polar surface area (TPSA) is 59.8 Å². The third kappa shape index (κ3) is 6.93. The van der Waals surface area contributed by atoms with Crippen LogP contribution < -0.4 is 4.74 Å². The third-order valence-electron chi connectivity index (χ3n) is 5.20. The van der Waals surface area contributed by atoms with Crippen molar-refractivity contribution in [1.82, 2.24) is 14.7 Å². The molecule has 0 amide bonds. The van der Waals surface area contributed by atoms with Crippen LogP contribution in [-0.2, 0) is 17.7 Å². The molecule has 0 saturated carbocycles. The number of rotatable bonds is 13. The molecule has 2 aromatic carbocycles. The molecular formula is C27H33N3O3. The highest BCUT2D eigenvalue weighted by molar-refractivity contribution is 5.43. The number of hydrogen-bond donors (Lipinski definition) is 1. The number of hydrogen-bond acceptors (Lipinski definition) is 5. The van der Waals surface area contributed by atoms with Gasteiger partial charge in [0.1, 0.15) is 12.4 Å². The quantitative estimate of drug-likeness (QED) is 0.310. The molecule has 1 aromatic heterocycles. The van der Waals surface area contributed by atoms with E-state index in [2.05, 4.69) is 24.7 Å². The number of aliphatic hydroxyl groups excluding tert-OH is 1. The first kappa shape index (κ1) is 24.5. The van der Waals surface area contributed by atoms with Gasteiger partial charge in [0.25, 0.3) is 0 Å². The summed E-state index contributed by atoms with van der Waals surface area (Å²) in [4.78, 5) is 2.22. The predicted molar refractivity (Wildman–Crippen MR) is 131 cm³/mol. The smallest absolute Gasteiger partial charge is 0.227 e. The third-order valence-corrected chi connectivity index (χ3v) is 5.20. The zero-order valence-corrected chi connectivity index (χ0v) is 19.5. The summed E-state index contributed by atoms with van der Waals surface area (Å²) in [6.45, 7) is 6.55. The monoisotopic (exact) mass is 447 g/mol. The van der Waals surface area contributed by atoms with Crippen LogP contribution in [0.4, 0.5) is 0 Å². The van der Waals surface area contributed by atoms with Gasteiger partial charge in [0, 0.05) is 13.1 Å².